The van der Waals surface area contributed by atoms with Crippen LogP contribution in [0.15, 0.2) is 39.1 Å². The first-order valence-corrected chi connectivity index (χ1v) is 6.97. The monoisotopic (exact) mass is 293 g/mol. The Bertz CT molecular complexity index is 846. The number of rotatable bonds is 4. The Labute approximate surface area is 128 Å². The van der Waals surface area contributed by atoms with Crippen LogP contribution in [0, 0.1) is 22.7 Å². The molecule has 0 aliphatic carbocycles. The third kappa shape index (κ3) is 2.99. The van der Waals surface area contributed by atoms with Gasteiger partial charge >= 0.3 is 5.63 Å². The van der Waals surface area contributed by atoms with Crippen molar-refractivity contribution in [3.8, 4) is 12.1 Å². The van der Waals surface area contributed by atoms with Crippen molar-refractivity contribution in [2.75, 3.05) is 18.0 Å². The van der Waals surface area contributed by atoms with Crippen LogP contribution in [0.3, 0.4) is 0 Å². The van der Waals surface area contributed by atoms with Crippen LogP contribution in [0.25, 0.3) is 17.0 Å². The quantitative estimate of drug-likeness (QED) is 0.639. The molecule has 0 aliphatic heterocycles. The molecule has 0 saturated carbocycles. The van der Waals surface area contributed by atoms with Gasteiger partial charge in [0, 0.05) is 30.2 Å². The SMILES string of the molecule is CCN(CC)c1ccc2cc(C=C(C#N)C#N)c(=O)oc2c1. The third-order valence-corrected chi connectivity index (χ3v) is 3.42. The summed E-state index contributed by atoms with van der Waals surface area (Å²) < 4.78 is 5.32. The molecule has 0 atom stereocenters. The van der Waals surface area contributed by atoms with Crippen LogP contribution in [0.2, 0.25) is 0 Å². The Morgan fingerprint density at radius 2 is 1.91 bits per heavy atom. The Hall–Kier alpha value is -3.05. The summed E-state index contributed by atoms with van der Waals surface area (Å²) in [5, 5.41) is 18.3. The van der Waals surface area contributed by atoms with E-state index >= 15 is 0 Å². The van der Waals surface area contributed by atoms with Crippen LogP contribution in [-0.2, 0) is 0 Å². The summed E-state index contributed by atoms with van der Waals surface area (Å²) in [7, 11) is 0. The summed E-state index contributed by atoms with van der Waals surface area (Å²) in [5.74, 6) is 0. The van der Waals surface area contributed by atoms with Crippen molar-refractivity contribution in [3.63, 3.8) is 0 Å². The normalized spacial score (nSPS) is 9.82. The van der Waals surface area contributed by atoms with Crippen LogP contribution in [-0.4, -0.2) is 13.1 Å². The lowest BCUT2D eigenvalue weighted by atomic mass is 10.1. The molecule has 1 aromatic heterocycles. The van der Waals surface area contributed by atoms with E-state index < -0.39 is 5.63 Å². The molecule has 0 fully saturated rings. The fourth-order valence-corrected chi connectivity index (χ4v) is 2.25. The summed E-state index contributed by atoms with van der Waals surface area (Å²) in [6, 6.07) is 10.7. The Kier molecular flexibility index (Phi) is 4.60. The smallest absolute Gasteiger partial charge is 0.343 e. The molecule has 5 nitrogen and oxygen atoms in total. The van der Waals surface area contributed by atoms with E-state index in [0.717, 1.165) is 24.2 Å². The van der Waals surface area contributed by atoms with Crippen molar-refractivity contribution in [2.45, 2.75) is 13.8 Å². The number of nitriles is 2. The van der Waals surface area contributed by atoms with E-state index in [0.29, 0.717) is 5.58 Å². The van der Waals surface area contributed by atoms with Crippen LogP contribution in [0.4, 0.5) is 5.69 Å². The van der Waals surface area contributed by atoms with Crippen LogP contribution in [0.5, 0.6) is 0 Å². The highest BCUT2D eigenvalue weighted by atomic mass is 16.4. The van der Waals surface area contributed by atoms with E-state index in [1.807, 2.05) is 18.2 Å². The van der Waals surface area contributed by atoms with E-state index in [1.54, 1.807) is 18.2 Å². The minimum absolute atomic E-state index is 0.133. The van der Waals surface area contributed by atoms with Gasteiger partial charge in [-0.25, -0.2) is 4.79 Å². The van der Waals surface area contributed by atoms with Gasteiger partial charge in [-0.2, -0.15) is 10.5 Å². The van der Waals surface area contributed by atoms with Gasteiger partial charge < -0.3 is 9.32 Å². The maximum atomic E-state index is 12.0. The van der Waals surface area contributed by atoms with Gasteiger partial charge in [0.05, 0.1) is 5.56 Å². The Morgan fingerprint density at radius 1 is 1.23 bits per heavy atom. The van der Waals surface area contributed by atoms with Crippen molar-refractivity contribution < 1.29 is 4.42 Å². The van der Waals surface area contributed by atoms with Gasteiger partial charge in [-0.3, -0.25) is 0 Å². The predicted molar refractivity (Wildman–Crippen MR) is 85.2 cm³/mol. The van der Waals surface area contributed by atoms with Crippen LogP contribution < -0.4 is 10.5 Å². The van der Waals surface area contributed by atoms with Gasteiger partial charge in [0.15, 0.2) is 0 Å². The minimum atomic E-state index is -0.563. The number of nitrogens with zero attached hydrogens (tertiary/aromatic N) is 3. The van der Waals surface area contributed by atoms with Gasteiger partial charge in [-0.05, 0) is 38.1 Å². The molecule has 22 heavy (non-hydrogen) atoms. The molecule has 1 aromatic carbocycles. The fraction of sp³-hybridized carbons (Fsp3) is 0.235. The molecule has 0 amide bonds. The number of allylic oxidation sites excluding steroid dienone is 1. The van der Waals surface area contributed by atoms with E-state index in [1.165, 1.54) is 6.08 Å². The highest BCUT2D eigenvalue weighted by Crippen LogP contribution is 2.22. The molecule has 2 rings (SSSR count). The number of fused-ring (bicyclic) bond motifs is 1. The number of anilines is 1. The number of hydrogen-bond acceptors (Lipinski definition) is 5. The van der Waals surface area contributed by atoms with Crippen molar-refractivity contribution in [3.05, 3.63) is 45.8 Å². The molecule has 0 spiro atoms. The maximum Gasteiger partial charge on any atom is 0.343 e. The molecule has 0 aliphatic rings. The first kappa shape index (κ1) is 15.3. The van der Waals surface area contributed by atoms with Gasteiger partial charge in [-0.1, -0.05) is 0 Å². The summed E-state index contributed by atoms with van der Waals surface area (Å²) in [5.41, 5.74) is 0.973. The van der Waals surface area contributed by atoms with E-state index in [4.69, 9.17) is 14.9 Å². The topological polar surface area (TPSA) is 81.0 Å². The van der Waals surface area contributed by atoms with Gasteiger partial charge in [-0.15, -0.1) is 0 Å². The zero-order valence-electron chi connectivity index (χ0n) is 12.5. The molecular weight excluding hydrogens is 278 g/mol. The van der Waals surface area contributed by atoms with Gasteiger partial charge in [0.2, 0.25) is 0 Å². The lowest BCUT2D eigenvalue weighted by molar-refractivity contribution is 0.559. The molecule has 110 valence electrons. The van der Waals surface area contributed by atoms with Crippen LogP contribution >= 0.6 is 0 Å². The first-order chi connectivity index (χ1) is 10.6. The molecule has 0 bridgehead atoms. The van der Waals surface area contributed by atoms with Crippen molar-refractivity contribution >= 4 is 22.7 Å². The standard InChI is InChI=1S/C17H15N3O2/c1-3-20(4-2)15-6-5-13-8-14(7-12(10-18)11-19)17(21)22-16(13)9-15/h5-9H,3-4H2,1-2H3. The van der Waals surface area contributed by atoms with E-state index in [-0.39, 0.29) is 11.1 Å². The second-order valence-electron chi connectivity index (χ2n) is 4.67. The largest absolute Gasteiger partial charge is 0.422 e. The Morgan fingerprint density at radius 3 is 2.50 bits per heavy atom. The Balaban J connectivity index is 2.57. The lowest BCUT2D eigenvalue weighted by Gasteiger charge is -2.20. The van der Waals surface area contributed by atoms with Crippen LogP contribution in [0.1, 0.15) is 19.4 Å². The maximum absolute atomic E-state index is 12.0. The summed E-state index contributed by atoms with van der Waals surface area (Å²) in [4.78, 5) is 14.1. The van der Waals surface area contributed by atoms with Crippen molar-refractivity contribution in [1.82, 2.24) is 0 Å². The van der Waals surface area contributed by atoms with Gasteiger partial charge in [0.25, 0.3) is 0 Å². The molecule has 0 N–H and O–H groups in total. The molecule has 0 saturated heterocycles. The van der Waals surface area contributed by atoms with Gasteiger partial charge in [0.1, 0.15) is 23.3 Å². The molecule has 2 aromatic rings. The molecule has 5 heteroatoms. The first-order valence-electron chi connectivity index (χ1n) is 6.97. The minimum Gasteiger partial charge on any atom is -0.422 e. The number of hydrogen-bond donors (Lipinski definition) is 0. The second-order valence-corrected chi connectivity index (χ2v) is 4.67. The van der Waals surface area contributed by atoms with E-state index in [9.17, 15) is 4.79 Å². The number of benzene rings is 1. The zero-order chi connectivity index (χ0) is 16.1. The second kappa shape index (κ2) is 6.60. The van der Waals surface area contributed by atoms with Crippen molar-refractivity contribution in [1.29, 1.82) is 10.5 Å². The molecule has 0 radical (unpaired) electrons. The van der Waals surface area contributed by atoms with Crippen molar-refractivity contribution in [2.24, 2.45) is 0 Å². The summed E-state index contributed by atoms with van der Waals surface area (Å²) >= 11 is 0. The van der Waals surface area contributed by atoms with E-state index in [2.05, 4.69) is 18.7 Å². The average Bonchev–Trinajstić information content (AvgIpc) is 2.54. The lowest BCUT2D eigenvalue weighted by Crippen LogP contribution is -2.21. The molecule has 0 unspecified atom stereocenters. The molecule has 1 heterocycles. The summed E-state index contributed by atoms with van der Waals surface area (Å²) in [6.45, 7) is 5.84. The zero-order valence-corrected chi connectivity index (χ0v) is 12.5. The molecular formula is C17H15N3O2. The highest BCUT2D eigenvalue weighted by Gasteiger charge is 2.08. The predicted octanol–water partition coefficient (Wildman–Crippen LogP) is 3.07. The highest BCUT2D eigenvalue weighted by molar-refractivity contribution is 5.82. The fourth-order valence-electron chi connectivity index (χ4n) is 2.25. The summed E-state index contributed by atoms with van der Waals surface area (Å²) in [6.07, 6.45) is 1.24. The average molecular weight is 293 g/mol. The third-order valence-electron chi connectivity index (χ3n) is 3.42.